The quantitative estimate of drug-likeness (QED) is 0.490. The molecule has 3 aromatic rings. The molecule has 1 saturated heterocycles. The van der Waals surface area contributed by atoms with Gasteiger partial charge in [0.05, 0.1) is 22.8 Å². The molecule has 1 aliphatic heterocycles. The van der Waals surface area contributed by atoms with Gasteiger partial charge in [0.15, 0.2) is 6.29 Å². The number of aryl methyl sites for hydroxylation is 1. The molecule has 182 valence electrons. The van der Waals surface area contributed by atoms with Gasteiger partial charge >= 0.3 is 0 Å². The molecular weight excluding hydrogens is 452 g/mol. The molecule has 1 aliphatic rings. The van der Waals surface area contributed by atoms with Crippen LogP contribution in [0.3, 0.4) is 0 Å². The van der Waals surface area contributed by atoms with Crippen molar-refractivity contribution >= 4 is 35.2 Å². The Morgan fingerprint density at radius 3 is 2.36 bits per heavy atom. The lowest BCUT2D eigenvalue weighted by Gasteiger charge is -2.31. The highest BCUT2D eigenvalue weighted by Crippen LogP contribution is 2.30. The average molecular weight is 481 g/mol. The Morgan fingerprint density at radius 1 is 0.972 bits per heavy atom. The lowest BCUT2D eigenvalue weighted by Crippen LogP contribution is -2.32. The molecule has 0 radical (unpaired) electrons. The van der Waals surface area contributed by atoms with Crippen molar-refractivity contribution in [2.24, 2.45) is 0 Å². The fourth-order valence-electron chi connectivity index (χ4n) is 4.37. The van der Waals surface area contributed by atoms with Crippen LogP contribution in [0.1, 0.15) is 61.5 Å². The monoisotopic (exact) mass is 480 g/mol. The maximum Gasteiger partial charge on any atom is 0.258 e. The van der Waals surface area contributed by atoms with E-state index in [2.05, 4.69) is 10.2 Å². The molecule has 7 nitrogen and oxygen atoms in total. The molecule has 36 heavy (non-hydrogen) atoms. The van der Waals surface area contributed by atoms with Crippen molar-refractivity contribution in [2.75, 3.05) is 35.3 Å². The summed E-state index contributed by atoms with van der Waals surface area (Å²) in [6.45, 7) is 3.71. The van der Waals surface area contributed by atoms with Crippen molar-refractivity contribution in [1.29, 1.82) is 5.26 Å². The first-order chi connectivity index (χ1) is 17.4. The van der Waals surface area contributed by atoms with Gasteiger partial charge in [-0.15, -0.1) is 0 Å². The predicted octanol–water partition coefficient (Wildman–Crippen LogP) is 5.20. The maximum absolute atomic E-state index is 13.4. The molecule has 4 rings (SSSR count). The molecule has 0 aliphatic carbocycles. The standard InChI is InChI=1S/C29H28N4O3/c1-20-6-10-23(11-7-20)31-28(35)26-17-24(12-13-27(26)33-14-4-3-5-15-33)32(2)29(36)25-16-21(18-30)8-9-22(25)19-34/h6-13,16-17,19H,3-5,14-15H2,1-2H3,(H,31,35). The lowest BCUT2D eigenvalue weighted by atomic mass is 10.0. The summed E-state index contributed by atoms with van der Waals surface area (Å²) in [7, 11) is 1.59. The largest absolute Gasteiger partial charge is 0.371 e. The summed E-state index contributed by atoms with van der Waals surface area (Å²) in [6, 6.07) is 19.4. The number of rotatable bonds is 6. The molecule has 0 spiro atoms. The van der Waals surface area contributed by atoms with Gasteiger partial charge in [0.25, 0.3) is 11.8 Å². The lowest BCUT2D eigenvalue weighted by molar-refractivity contribution is 0.0984. The number of anilines is 3. The van der Waals surface area contributed by atoms with E-state index in [0.717, 1.165) is 43.6 Å². The van der Waals surface area contributed by atoms with E-state index in [4.69, 9.17) is 0 Å². The highest BCUT2D eigenvalue weighted by atomic mass is 16.2. The summed E-state index contributed by atoms with van der Waals surface area (Å²) in [4.78, 5) is 41.9. The minimum absolute atomic E-state index is 0.136. The van der Waals surface area contributed by atoms with E-state index in [1.807, 2.05) is 43.3 Å². The molecule has 2 amide bonds. The Morgan fingerprint density at radius 2 is 1.69 bits per heavy atom. The summed E-state index contributed by atoms with van der Waals surface area (Å²) in [5.74, 6) is -0.702. The van der Waals surface area contributed by atoms with Gasteiger partial charge < -0.3 is 15.1 Å². The number of carbonyl (C=O) groups excluding carboxylic acids is 3. The van der Waals surface area contributed by atoms with Crippen LogP contribution in [0, 0.1) is 18.3 Å². The molecule has 7 heteroatoms. The molecule has 0 saturated carbocycles. The van der Waals surface area contributed by atoms with Crippen LogP contribution in [-0.4, -0.2) is 38.2 Å². The Bertz CT molecular complexity index is 1340. The van der Waals surface area contributed by atoms with Gasteiger partial charge in [-0.05, 0) is 74.7 Å². The van der Waals surface area contributed by atoms with Crippen molar-refractivity contribution in [2.45, 2.75) is 26.2 Å². The fraction of sp³-hybridized carbons (Fsp3) is 0.241. The zero-order valence-electron chi connectivity index (χ0n) is 20.5. The van der Waals surface area contributed by atoms with Crippen LogP contribution >= 0.6 is 0 Å². The molecule has 3 aromatic carbocycles. The molecule has 0 bridgehead atoms. The zero-order valence-corrected chi connectivity index (χ0v) is 20.5. The van der Waals surface area contributed by atoms with Crippen molar-refractivity contribution < 1.29 is 14.4 Å². The van der Waals surface area contributed by atoms with Crippen LogP contribution in [0.25, 0.3) is 0 Å². The van der Waals surface area contributed by atoms with Crippen LogP contribution in [0.4, 0.5) is 17.1 Å². The molecule has 0 aromatic heterocycles. The molecule has 0 unspecified atom stereocenters. The third-order valence-corrected chi connectivity index (χ3v) is 6.46. The second kappa shape index (κ2) is 10.9. The van der Waals surface area contributed by atoms with Crippen molar-refractivity contribution in [3.05, 3.63) is 88.5 Å². The van der Waals surface area contributed by atoms with Gasteiger partial charge in [0, 0.05) is 42.8 Å². The SMILES string of the molecule is Cc1ccc(NC(=O)c2cc(N(C)C(=O)c3cc(C#N)ccc3C=O)ccc2N2CCCCC2)cc1. The van der Waals surface area contributed by atoms with Gasteiger partial charge in [0.2, 0.25) is 0 Å². The minimum Gasteiger partial charge on any atom is -0.371 e. The van der Waals surface area contributed by atoms with Crippen LogP contribution in [0.5, 0.6) is 0 Å². The van der Waals surface area contributed by atoms with E-state index in [-0.39, 0.29) is 22.6 Å². The smallest absolute Gasteiger partial charge is 0.258 e. The van der Waals surface area contributed by atoms with E-state index in [1.54, 1.807) is 19.2 Å². The van der Waals surface area contributed by atoms with Crippen LogP contribution in [-0.2, 0) is 0 Å². The van der Waals surface area contributed by atoms with Gasteiger partial charge in [-0.1, -0.05) is 17.7 Å². The van der Waals surface area contributed by atoms with Crippen molar-refractivity contribution in [3.63, 3.8) is 0 Å². The first-order valence-corrected chi connectivity index (χ1v) is 12.0. The first-order valence-electron chi connectivity index (χ1n) is 12.0. The number of hydrogen-bond acceptors (Lipinski definition) is 5. The number of benzene rings is 3. The molecular formula is C29H28N4O3. The summed E-state index contributed by atoms with van der Waals surface area (Å²) < 4.78 is 0. The van der Waals surface area contributed by atoms with Gasteiger partial charge in [0.1, 0.15) is 0 Å². The Kier molecular flexibility index (Phi) is 7.45. The number of aldehydes is 1. The van der Waals surface area contributed by atoms with Crippen LogP contribution < -0.4 is 15.1 Å². The topological polar surface area (TPSA) is 93.5 Å². The average Bonchev–Trinajstić information content (AvgIpc) is 2.93. The Hall–Kier alpha value is -4.44. The Labute approximate surface area is 211 Å². The third kappa shape index (κ3) is 5.28. The molecule has 1 heterocycles. The van der Waals surface area contributed by atoms with Gasteiger partial charge in [-0.2, -0.15) is 5.26 Å². The van der Waals surface area contributed by atoms with Crippen molar-refractivity contribution in [3.8, 4) is 6.07 Å². The Balaban J connectivity index is 1.70. The maximum atomic E-state index is 13.4. The number of carbonyl (C=O) groups is 3. The minimum atomic E-state index is -0.440. The summed E-state index contributed by atoms with van der Waals surface area (Å²) >= 11 is 0. The second-order valence-corrected chi connectivity index (χ2v) is 8.97. The normalized spacial score (nSPS) is 13.0. The van der Waals surface area contributed by atoms with Crippen molar-refractivity contribution in [1.82, 2.24) is 0 Å². The number of hydrogen-bond donors (Lipinski definition) is 1. The number of piperidine rings is 1. The highest BCUT2D eigenvalue weighted by Gasteiger charge is 2.23. The van der Waals surface area contributed by atoms with Gasteiger partial charge in [-0.25, -0.2) is 0 Å². The van der Waals surface area contributed by atoms with E-state index in [0.29, 0.717) is 23.2 Å². The highest BCUT2D eigenvalue weighted by molar-refractivity contribution is 6.12. The molecule has 0 atom stereocenters. The number of nitrogens with one attached hydrogen (secondary N) is 1. The number of nitriles is 1. The van der Waals surface area contributed by atoms with E-state index in [9.17, 15) is 19.6 Å². The predicted molar refractivity (Wildman–Crippen MR) is 141 cm³/mol. The van der Waals surface area contributed by atoms with Gasteiger partial charge in [-0.3, -0.25) is 14.4 Å². The molecule has 1 N–H and O–H groups in total. The molecule has 1 fully saturated rings. The second-order valence-electron chi connectivity index (χ2n) is 8.97. The summed E-state index contributed by atoms with van der Waals surface area (Å²) in [6.07, 6.45) is 3.88. The van der Waals surface area contributed by atoms with Crippen LogP contribution in [0.15, 0.2) is 60.7 Å². The van der Waals surface area contributed by atoms with Crippen LogP contribution in [0.2, 0.25) is 0 Å². The zero-order chi connectivity index (χ0) is 25.7. The number of nitrogens with zero attached hydrogens (tertiary/aromatic N) is 3. The van der Waals surface area contributed by atoms with E-state index in [1.165, 1.54) is 23.1 Å². The third-order valence-electron chi connectivity index (χ3n) is 6.46. The summed E-state index contributed by atoms with van der Waals surface area (Å²) in [5, 5.41) is 12.2. The van der Waals surface area contributed by atoms with E-state index < -0.39 is 5.91 Å². The first kappa shape index (κ1) is 24.7. The fourth-order valence-corrected chi connectivity index (χ4v) is 4.37. The summed E-state index contributed by atoms with van der Waals surface area (Å²) in [5.41, 5.74) is 4.21. The van der Waals surface area contributed by atoms with E-state index >= 15 is 0 Å². The number of amides is 2.